The van der Waals surface area contributed by atoms with E-state index in [1.54, 1.807) is 20.0 Å². The first-order chi connectivity index (χ1) is 15.0. The van der Waals surface area contributed by atoms with Crippen LogP contribution in [0.5, 0.6) is 0 Å². The lowest BCUT2D eigenvalue weighted by Gasteiger charge is -2.30. The summed E-state index contributed by atoms with van der Waals surface area (Å²) in [7, 11) is -3.49. The van der Waals surface area contributed by atoms with E-state index in [9.17, 15) is 18.0 Å². The number of carboxylic acids is 1. The van der Waals surface area contributed by atoms with Crippen LogP contribution in [0.1, 0.15) is 32.4 Å². The quantitative estimate of drug-likeness (QED) is 0.618. The van der Waals surface area contributed by atoms with Crippen LogP contribution in [-0.2, 0) is 24.3 Å². The van der Waals surface area contributed by atoms with E-state index in [-0.39, 0.29) is 12.3 Å². The zero-order chi connectivity index (χ0) is 23.5. The number of carbonyl (C=O) groups excluding carboxylic acids is 1. The predicted molar refractivity (Wildman–Crippen MR) is 120 cm³/mol. The summed E-state index contributed by atoms with van der Waals surface area (Å²) in [6.45, 7) is 3.60. The molecule has 0 bridgehead atoms. The maximum Gasteiger partial charge on any atom is 0.305 e. The summed E-state index contributed by atoms with van der Waals surface area (Å²) < 4.78 is 22.9. The molecule has 0 radical (unpaired) electrons. The predicted octanol–water partition coefficient (Wildman–Crippen LogP) is 2.27. The molecule has 0 fully saturated rings. The van der Waals surface area contributed by atoms with Crippen LogP contribution >= 0.6 is 0 Å². The Morgan fingerprint density at radius 2 is 2.00 bits per heavy atom. The number of hydrogen-bond acceptors (Lipinski definition) is 7. The van der Waals surface area contributed by atoms with Gasteiger partial charge in [-0.25, -0.2) is 8.42 Å². The minimum absolute atomic E-state index is 0.132. The molecule has 1 aliphatic heterocycles. The molecule has 1 amide bonds. The van der Waals surface area contributed by atoms with Crippen molar-refractivity contribution < 1.29 is 28.0 Å². The Balaban J connectivity index is 1.88. The summed E-state index contributed by atoms with van der Waals surface area (Å²) in [5.41, 5.74) is -0.270. The molecule has 9 nitrogen and oxygen atoms in total. The molecule has 2 heterocycles. The van der Waals surface area contributed by atoms with Crippen molar-refractivity contribution in [2.45, 2.75) is 38.3 Å². The Morgan fingerprint density at radius 1 is 1.28 bits per heavy atom. The van der Waals surface area contributed by atoms with Crippen molar-refractivity contribution >= 4 is 38.2 Å². The van der Waals surface area contributed by atoms with Crippen molar-refractivity contribution in [2.24, 2.45) is 11.1 Å². The van der Waals surface area contributed by atoms with E-state index in [4.69, 9.17) is 9.94 Å². The molecule has 0 saturated carbocycles. The van der Waals surface area contributed by atoms with Crippen molar-refractivity contribution in [1.82, 2.24) is 10.3 Å². The number of rotatable bonds is 8. The molecule has 1 aromatic heterocycles. The summed E-state index contributed by atoms with van der Waals surface area (Å²) in [5.74, 6) is -2.07. The van der Waals surface area contributed by atoms with Crippen molar-refractivity contribution in [1.29, 1.82) is 0 Å². The number of aromatic nitrogens is 1. The smallest absolute Gasteiger partial charge is 0.305 e. The third-order valence-corrected chi connectivity index (χ3v) is 5.93. The van der Waals surface area contributed by atoms with Gasteiger partial charge in [-0.05, 0) is 11.5 Å². The number of carboxylic acid groups (broad SMARTS) is 1. The number of aliphatic carboxylic acids is 1. The molecule has 3 rings (SSSR count). The van der Waals surface area contributed by atoms with Gasteiger partial charge in [0.1, 0.15) is 5.71 Å². The zero-order valence-electron chi connectivity index (χ0n) is 18.0. The van der Waals surface area contributed by atoms with E-state index in [2.05, 4.69) is 15.5 Å². The molecule has 170 valence electrons. The molecule has 1 aliphatic rings. The van der Waals surface area contributed by atoms with Crippen molar-refractivity contribution in [2.75, 3.05) is 6.26 Å². The first-order valence-electron chi connectivity index (χ1n) is 10.0. The Morgan fingerprint density at radius 3 is 2.66 bits per heavy atom. The van der Waals surface area contributed by atoms with Crippen LogP contribution in [0.15, 0.2) is 53.2 Å². The number of hydrogen-bond donors (Lipinski definition) is 2. The second kappa shape index (κ2) is 9.07. The molecule has 2 aromatic rings. The summed E-state index contributed by atoms with van der Waals surface area (Å²) >= 11 is 0. The highest BCUT2D eigenvalue weighted by Gasteiger charge is 2.50. The van der Waals surface area contributed by atoms with Gasteiger partial charge in [0, 0.05) is 35.6 Å². The summed E-state index contributed by atoms with van der Waals surface area (Å²) in [5, 5.41) is 18.7. The maximum absolute atomic E-state index is 13.3. The number of nitrogens with zero attached hydrogens (tertiary/aromatic N) is 2. The summed E-state index contributed by atoms with van der Waals surface area (Å²) in [6, 6.07) is 8.50. The average molecular weight is 460 g/mol. The second-order valence-corrected chi connectivity index (χ2v) is 10.00. The average Bonchev–Trinajstić information content (AvgIpc) is 3.17. The number of carbonyl (C=O) groups is 2. The fourth-order valence-corrected chi connectivity index (χ4v) is 3.98. The Bertz CT molecular complexity index is 1200. The van der Waals surface area contributed by atoms with Gasteiger partial charge in [0.2, 0.25) is 5.60 Å². The van der Waals surface area contributed by atoms with Gasteiger partial charge >= 0.3 is 5.97 Å². The Hall–Kier alpha value is -3.27. The van der Waals surface area contributed by atoms with Crippen LogP contribution in [0.4, 0.5) is 0 Å². The number of sulfone groups is 1. The third kappa shape index (κ3) is 5.13. The van der Waals surface area contributed by atoms with Gasteiger partial charge in [-0.3, -0.25) is 14.6 Å². The molecule has 2 atom stereocenters. The molecular formula is C22H25N3O6S. The van der Waals surface area contributed by atoms with Crippen molar-refractivity contribution in [3.63, 3.8) is 0 Å². The fourth-order valence-electron chi connectivity index (χ4n) is 3.50. The Labute approximate surface area is 186 Å². The number of pyridine rings is 1. The minimum atomic E-state index is -3.49. The number of benzene rings is 1. The van der Waals surface area contributed by atoms with Crippen LogP contribution < -0.4 is 5.32 Å². The largest absolute Gasteiger partial charge is 0.481 e. The lowest BCUT2D eigenvalue weighted by molar-refractivity contribution is -0.150. The maximum atomic E-state index is 13.3. The molecule has 0 aliphatic carbocycles. The van der Waals surface area contributed by atoms with Crippen molar-refractivity contribution in [3.8, 4) is 0 Å². The zero-order valence-corrected chi connectivity index (χ0v) is 18.8. The van der Waals surface area contributed by atoms with Crippen LogP contribution in [-0.4, -0.2) is 54.0 Å². The number of oxime groups is 1. The highest BCUT2D eigenvalue weighted by atomic mass is 32.2. The van der Waals surface area contributed by atoms with Gasteiger partial charge in [0.15, 0.2) is 9.84 Å². The van der Waals surface area contributed by atoms with Gasteiger partial charge in [0.25, 0.3) is 5.91 Å². The van der Waals surface area contributed by atoms with E-state index in [0.29, 0.717) is 11.4 Å². The number of nitrogens with one attached hydrogen (secondary N) is 1. The fraction of sp³-hybridized carbons (Fsp3) is 0.364. The number of amides is 1. The molecular weight excluding hydrogens is 434 g/mol. The monoisotopic (exact) mass is 459 g/mol. The normalized spacial score (nSPS) is 19.7. The standard InChI is InChI=1S/C22H25N3O6S/c1-14(2)22(21(28)24-16(12-19(26)27)9-11-32(3,29)30)13-18(25-31-22)20-17-7-5-4-6-15(17)8-10-23-20/h4-11,14,16H,12-13H2,1-3H3,(H,24,28)(H,26,27)/b11-9+/t16-,22-/m1/s1. The van der Waals surface area contributed by atoms with Crippen LogP contribution in [0.3, 0.4) is 0 Å². The van der Waals surface area contributed by atoms with Gasteiger partial charge in [-0.1, -0.05) is 49.3 Å². The molecule has 2 N–H and O–H groups in total. The van der Waals surface area contributed by atoms with Gasteiger partial charge in [0.05, 0.1) is 18.2 Å². The lowest BCUT2D eigenvalue weighted by Crippen LogP contribution is -2.53. The van der Waals surface area contributed by atoms with Gasteiger partial charge in [-0.15, -0.1) is 0 Å². The highest BCUT2D eigenvalue weighted by Crippen LogP contribution is 2.35. The molecule has 0 unspecified atom stereocenters. The topological polar surface area (TPSA) is 135 Å². The Kier molecular flexibility index (Phi) is 6.63. The van der Waals surface area contributed by atoms with Crippen molar-refractivity contribution in [3.05, 3.63) is 53.7 Å². The second-order valence-electron chi connectivity index (χ2n) is 8.07. The molecule has 1 aromatic carbocycles. The SMILES string of the molecule is CC(C)[C@@]1(C(=O)N[C@H](/C=C/S(C)(=O)=O)CC(=O)O)CC(c2nccc3ccccc23)=NO1. The van der Waals surface area contributed by atoms with E-state index < -0.39 is 39.8 Å². The van der Waals surface area contributed by atoms with E-state index >= 15 is 0 Å². The lowest BCUT2D eigenvalue weighted by atomic mass is 9.83. The first kappa shape index (κ1) is 23.4. The third-order valence-electron chi connectivity index (χ3n) is 5.28. The first-order valence-corrected chi connectivity index (χ1v) is 12.0. The van der Waals surface area contributed by atoms with Crippen LogP contribution in [0.25, 0.3) is 10.8 Å². The highest BCUT2D eigenvalue weighted by molar-refractivity contribution is 7.93. The molecule has 0 spiro atoms. The van der Waals surface area contributed by atoms with E-state index in [1.807, 2.05) is 30.3 Å². The van der Waals surface area contributed by atoms with Crippen LogP contribution in [0, 0.1) is 5.92 Å². The molecule has 10 heteroatoms. The summed E-state index contributed by atoms with van der Waals surface area (Å²) in [6.07, 6.45) is 3.45. The molecule has 0 saturated heterocycles. The van der Waals surface area contributed by atoms with E-state index in [1.165, 1.54) is 0 Å². The van der Waals surface area contributed by atoms with Crippen LogP contribution in [0.2, 0.25) is 0 Å². The van der Waals surface area contributed by atoms with Gasteiger partial charge < -0.3 is 15.3 Å². The molecule has 32 heavy (non-hydrogen) atoms. The summed E-state index contributed by atoms with van der Waals surface area (Å²) in [4.78, 5) is 34.6. The minimum Gasteiger partial charge on any atom is -0.481 e. The van der Waals surface area contributed by atoms with E-state index in [0.717, 1.165) is 28.5 Å². The van der Waals surface area contributed by atoms with Gasteiger partial charge in [-0.2, -0.15) is 0 Å². The number of fused-ring (bicyclic) bond motifs is 1.